The van der Waals surface area contributed by atoms with Crippen LogP contribution in [0, 0.1) is 10.5 Å². The molecule has 20 heavy (non-hydrogen) atoms. The molecule has 0 spiro atoms. The third-order valence-corrected chi connectivity index (χ3v) is 4.24. The number of ether oxygens (including phenoxy) is 1. The molecule has 0 saturated heterocycles. The molecular weight excluding hydrogens is 369 g/mol. The fraction of sp³-hybridized carbons (Fsp3) is 0.429. The number of nitrogens with two attached hydrogens (primary N) is 1. The monoisotopic (exact) mass is 387 g/mol. The Labute approximate surface area is 132 Å². The van der Waals surface area contributed by atoms with E-state index in [2.05, 4.69) is 32.7 Å². The van der Waals surface area contributed by atoms with E-state index >= 15 is 0 Å². The second kappa shape index (κ2) is 6.64. The second-order valence-electron chi connectivity index (χ2n) is 4.88. The molecule has 1 heterocycles. The molecule has 0 aliphatic rings. The molecule has 0 amide bonds. The first kappa shape index (κ1) is 15.4. The minimum atomic E-state index is -0.377. The highest BCUT2D eigenvalue weighted by Gasteiger charge is 2.17. The minimum Gasteiger partial charge on any atom is -0.377 e. The highest BCUT2D eigenvalue weighted by molar-refractivity contribution is 14.1. The number of hydrogen-bond acceptors (Lipinski definition) is 5. The van der Waals surface area contributed by atoms with E-state index in [4.69, 9.17) is 15.0 Å². The molecule has 0 radical (unpaired) electrons. The van der Waals surface area contributed by atoms with Gasteiger partial charge in [0.1, 0.15) is 0 Å². The van der Waals surface area contributed by atoms with Crippen LogP contribution in [0.15, 0.2) is 22.7 Å². The molecule has 1 atom stereocenters. The van der Waals surface area contributed by atoms with Crippen LogP contribution < -0.4 is 5.73 Å². The third kappa shape index (κ3) is 3.56. The molecular formula is C14H18IN3O2. The number of nitrogens with zero attached hydrogens (tertiary/aromatic N) is 2. The maximum Gasteiger partial charge on any atom is 0.259 e. The van der Waals surface area contributed by atoms with Crippen molar-refractivity contribution in [1.82, 2.24) is 10.1 Å². The van der Waals surface area contributed by atoms with Crippen molar-refractivity contribution in [1.29, 1.82) is 0 Å². The molecule has 1 aromatic heterocycles. The van der Waals surface area contributed by atoms with Gasteiger partial charge in [0, 0.05) is 3.57 Å². The first-order valence-corrected chi connectivity index (χ1v) is 7.53. The van der Waals surface area contributed by atoms with E-state index < -0.39 is 0 Å². The summed E-state index contributed by atoms with van der Waals surface area (Å²) in [6.45, 7) is 6.35. The first-order chi connectivity index (χ1) is 9.49. The van der Waals surface area contributed by atoms with Gasteiger partial charge in [-0.1, -0.05) is 17.3 Å². The predicted octanol–water partition coefficient (Wildman–Crippen LogP) is 3.07. The zero-order valence-corrected chi connectivity index (χ0v) is 13.9. The Kier molecular flexibility index (Phi) is 5.11. The zero-order chi connectivity index (χ0) is 14.7. The highest BCUT2D eigenvalue weighted by atomic mass is 127. The zero-order valence-electron chi connectivity index (χ0n) is 11.8. The van der Waals surface area contributed by atoms with Gasteiger partial charge in [-0.25, -0.2) is 0 Å². The van der Waals surface area contributed by atoms with E-state index in [0.29, 0.717) is 18.3 Å². The summed E-state index contributed by atoms with van der Waals surface area (Å²) in [6, 6.07) is 5.60. The van der Waals surface area contributed by atoms with E-state index in [1.165, 1.54) is 5.56 Å². The van der Waals surface area contributed by atoms with Crippen LogP contribution in [-0.4, -0.2) is 22.9 Å². The summed E-state index contributed by atoms with van der Waals surface area (Å²) in [6.07, 6.45) is 0.130. The Morgan fingerprint density at radius 1 is 1.40 bits per heavy atom. The van der Waals surface area contributed by atoms with Gasteiger partial charge in [0.15, 0.2) is 5.82 Å². The van der Waals surface area contributed by atoms with Gasteiger partial charge in [0.2, 0.25) is 0 Å². The summed E-state index contributed by atoms with van der Waals surface area (Å²) >= 11 is 2.28. The fourth-order valence-electron chi connectivity index (χ4n) is 1.68. The summed E-state index contributed by atoms with van der Waals surface area (Å²) in [4.78, 5) is 4.37. The van der Waals surface area contributed by atoms with Gasteiger partial charge in [-0.05, 0) is 55.0 Å². The predicted molar refractivity (Wildman–Crippen MR) is 85.2 cm³/mol. The van der Waals surface area contributed by atoms with Crippen molar-refractivity contribution in [3.05, 3.63) is 33.2 Å². The molecule has 0 fully saturated rings. The van der Waals surface area contributed by atoms with E-state index in [9.17, 15) is 0 Å². The molecule has 0 saturated carbocycles. The number of hydrogen-bond donors (Lipinski definition) is 1. The molecule has 1 unspecified atom stereocenters. The first-order valence-electron chi connectivity index (χ1n) is 6.45. The van der Waals surface area contributed by atoms with Crippen molar-refractivity contribution in [3.63, 3.8) is 0 Å². The Morgan fingerprint density at radius 3 is 2.85 bits per heavy atom. The van der Waals surface area contributed by atoms with E-state index in [1.54, 1.807) is 0 Å². The lowest BCUT2D eigenvalue weighted by atomic mass is 10.1. The van der Waals surface area contributed by atoms with E-state index in [0.717, 1.165) is 9.13 Å². The maximum absolute atomic E-state index is 5.99. The number of rotatable bonds is 5. The molecule has 0 aliphatic carbocycles. The van der Waals surface area contributed by atoms with Crippen molar-refractivity contribution in [2.24, 2.45) is 5.73 Å². The van der Waals surface area contributed by atoms with Crippen LogP contribution in [0.25, 0.3) is 11.5 Å². The van der Waals surface area contributed by atoms with E-state index in [1.807, 2.05) is 39.0 Å². The average molecular weight is 387 g/mol. The van der Waals surface area contributed by atoms with Crippen molar-refractivity contribution >= 4 is 22.6 Å². The SMILES string of the molecule is Cc1cccc(-c2nc(C(N)COC(C)C)no2)c1I. The number of aromatic nitrogens is 2. The second-order valence-corrected chi connectivity index (χ2v) is 5.96. The van der Waals surface area contributed by atoms with Gasteiger partial charge < -0.3 is 15.0 Å². The number of halogens is 1. The van der Waals surface area contributed by atoms with Crippen molar-refractivity contribution in [3.8, 4) is 11.5 Å². The fourth-order valence-corrected chi connectivity index (χ4v) is 2.27. The lowest BCUT2D eigenvalue weighted by Gasteiger charge is -2.10. The molecule has 2 aromatic rings. The van der Waals surface area contributed by atoms with Crippen LogP contribution in [0.3, 0.4) is 0 Å². The van der Waals surface area contributed by atoms with Crippen LogP contribution >= 0.6 is 22.6 Å². The molecule has 2 rings (SSSR count). The van der Waals surface area contributed by atoms with Gasteiger partial charge in [-0.3, -0.25) is 0 Å². The Balaban J connectivity index is 2.18. The van der Waals surface area contributed by atoms with Crippen LogP contribution in [0.5, 0.6) is 0 Å². The molecule has 108 valence electrons. The standard InChI is InChI=1S/C14H18IN3O2/c1-8(2)19-7-11(16)13-17-14(20-18-13)10-6-4-5-9(3)12(10)15/h4-6,8,11H,7,16H2,1-3H3. The summed E-state index contributed by atoms with van der Waals surface area (Å²) in [5.41, 5.74) is 8.10. The molecule has 5 nitrogen and oxygen atoms in total. The van der Waals surface area contributed by atoms with Crippen molar-refractivity contribution in [2.45, 2.75) is 32.9 Å². The Hall–Kier alpha value is -0.990. The molecule has 1 aromatic carbocycles. The van der Waals surface area contributed by atoms with E-state index in [-0.39, 0.29) is 12.1 Å². The Morgan fingerprint density at radius 2 is 2.15 bits per heavy atom. The molecule has 0 aliphatic heterocycles. The summed E-state index contributed by atoms with van der Waals surface area (Å²) in [7, 11) is 0. The molecule has 6 heteroatoms. The van der Waals surface area contributed by atoms with Crippen LogP contribution in [0.2, 0.25) is 0 Å². The quantitative estimate of drug-likeness (QED) is 0.799. The summed E-state index contributed by atoms with van der Waals surface area (Å²) in [5, 5.41) is 3.95. The Bertz CT molecular complexity index is 584. The lowest BCUT2D eigenvalue weighted by molar-refractivity contribution is 0.0665. The van der Waals surface area contributed by atoms with Crippen molar-refractivity contribution < 1.29 is 9.26 Å². The van der Waals surface area contributed by atoms with Crippen LogP contribution in [-0.2, 0) is 4.74 Å². The topological polar surface area (TPSA) is 74.2 Å². The smallest absolute Gasteiger partial charge is 0.259 e. The number of aryl methyl sites for hydroxylation is 1. The molecule has 0 bridgehead atoms. The van der Waals surface area contributed by atoms with Gasteiger partial charge in [-0.2, -0.15) is 4.98 Å². The molecule has 2 N–H and O–H groups in total. The van der Waals surface area contributed by atoms with Crippen LogP contribution in [0.1, 0.15) is 31.3 Å². The normalized spacial score (nSPS) is 12.9. The van der Waals surface area contributed by atoms with Gasteiger partial charge in [-0.15, -0.1) is 0 Å². The van der Waals surface area contributed by atoms with Crippen LogP contribution in [0.4, 0.5) is 0 Å². The summed E-state index contributed by atoms with van der Waals surface area (Å²) in [5.74, 6) is 0.964. The number of benzene rings is 1. The highest BCUT2D eigenvalue weighted by Crippen LogP contribution is 2.26. The maximum atomic E-state index is 5.99. The lowest BCUT2D eigenvalue weighted by Crippen LogP contribution is -2.20. The average Bonchev–Trinajstić information content (AvgIpc) is 2.88. The minimum absolute atomic E-state index is 0.130. The van der Waals surface area contributed by atoms with Crippen molar-refractivity contribution in [2.75, 3.05) is 6.61 Å². The van der Waals surface area contributed by atoms with Gasteiger partial charge in [0.05, 0.1) is 24.3 Å². The van der Waals surface area contributed by atoms with Gasteiger partial charge >= 0.3 is 0 Å². The third-order valence-electron chi connectivity index (χ3n) is 2.80. The largest absolute Gasteiger partial charge is 0.377 e. The van der Waals surface area contributed by atoms with Gasteiger partial charge in [0.25, 0.3) is 5.89 Å². The summed E-state index contributed by atoms with van der Waals surface area (Å²) < 4.78 is 11.9.